The topological polar surface area (TPSA) is 60.2 Å². The molecule has 0 aliphatic carbocycles. The van der Waals surface area contributed by atoms with Crippen molar-refractivity contribution in [2.24, 2.45) is 0 Å². The van der Waals surface area contributed by atoms with Gasteiger partial charge in [-0.05, 0) is 31.5 Å². The monoisotopic (exact) mass is 335 g/mol. The van der Waals surface area contributed by atoms with Crippen LogP contribution in [0.15, 0.2) is 6.07 Å². The molecule has 2 aliphatic rings. The fourth-order valence-corrected chi connectivity index (χ4v) is 3.70. The lowest BCUT2D eigenvalue weighted by Crippen LogP contribution is -2.39. The third-order valence-corrected chi connectivity index (χ3v) is 5.03. The number of hydrogen-bond donors (Lipinski definition) is 1. The largest absolute Gasteiger partial charge is 0.493 e. The molecule has 2 N–H and O–H groups in total. The van der Waals surface area contributed by atoms with Gasteiger partial charge < -0.3 is 19.9 Å². The smallest absolute Gasteiger partial charge is 0.165 e. The van der Waals surface area contributed by atoms with Gasteiger partial charge in [0.05, 0.1) is 27.4 Å². The molecule has 0 unspecified atom stereocenters. The summed E-state index contributed by atoms with van der Waals surface area (Å²) in [6, 6.07) is 1.88. The summed E-state index contributed by atoms with van der Waals surface area (Å²) in [6.07, 6.45) is 2.15. The Kier molecular flexibility index (Phi) is 5.81. The highest BCUT2D eigenvalue weighted by molar-refractivity contribution is 5.64. The van der Waals surface area contributed by atoms with E-state index in [4.69, 9.17) is 19.9 Å². The molecule has 0 radical (unpaired) electrons. The number of rotatable bonds is 6. The van der Waals surface area contributed by atoms with Gasteiger partial charge >= 0.3 is 0 Å². The molecule has 0 spiro atoms. The first-order valence-corrected chi connectivity index (χ1v) is 8.77. The summed E-state index contributed by atoms with van der Waals surface area (Å²) in [5, 5.41) is 0. The molecule has 0 saturated carbocycles. The Balaban J connectivity index is 1.61. The maximum absolute atomic E-state index is 6.21. The van der Waals surface area contributed by atoms with Gasteiger partial charge in [0.2, 0.25) is 0 Å². The highest BCUT2D eigenvalue weighted by Gasteiger charge is 2.24. The fourth-order valence-electron chi connectivity index (χ4n) is 3.70. The molecular formula is C18H29N3O3. The first-order valence-electron chi connectivity index (χ1n) is 8.77. The molecule has 2 aliphatic heterocycles. The molecule has 1 aromatic rings. The van der Waals surface area contributed by atoms with Crippen LogP contribution >= 0.6 is 0 Å². The van der Waals surface area contributed by atoms with Crippen molar-refractivity contribution in [1.29, 1.82) is 0 Å². The van der Waals surface area contributed by atoms with Crippen LogP contribution < -0.4 is 15.2 Å². The van der Waals surface area contributed by atoms with Crippen molar-refractivity contribution in [2.45, 2.75) is 19.4 Å². The molecule has 3 rings (SSSR count). The minimum Gasteiger partial charge on any atom is -0.493 e. The average Bonchev–Trinajstić information content (AvgIpc) is 2.62. The van der Waals surface area contributed by atoms with E-state index >= 15 is 0 Å². The molecule has 134 valence electrons. The minimum atomic E-state index is 0.726. The minimum absolute atomic E-state index is 0.726. The molecule has 6 nitrogen and oxygen atoms in total. The van der Waals surface area contributed by atoms with E-state index in [1.165, 1.54) is 17.5 Å². The van der Waals surface area contributed by atoms with E-state index in [1.54, 1.807) is 14.2 Å². The van der Waals surface area contributed by atoms with Crippen LogP contribution in [-0.2, 0) is 17.7 Å². The standard InChI is InChI=1S/C18H29N3O3/c1-22-17-12-16(19)14-4-7-21(13-15(14)18(17)23-2)6-3-5-20-8-10-24-11-9-20/h12H,3-11,13,19H2,1-2H3. The van der Waals surface area contributed by atoms with Gasteiger partial charge in [-0.1, -0.05) is 0 Å². The summed E-state index contributed by atoms with van der Waals surface area (Å²) in [7, 11) is 3.36. The predicted molar refractivity (Wildman–Crippen MR) is 94.8 cm³/mol. The Morgan fingerprint density at radius 2 is 1.79 bits per heavy atom. The Labute approximate surface area is 144 Å². The number of anilines is 1. The van der Waals surface area contributed by atoms with Crippen molar-refractivity contribution >= 4 is 5.69 Å². The van der Waals surface area contributed by atoms with Crippen molar-refractivity contribution in [2.75, 3.05) is 65.9 Å². The first kappa shape index (κ1) is 17.3. The van der Waals surface area contributed by atoms with Crippen LogP contribution in [0.3, 0.4) is 0 Å². The third-order valence-electron chi connectivity index (χ3n) is 5.03. The van der Waals surface area contributed by atoms with Crippen LogP contribution in [0.4, 0.5) is 5.69 Å². The van der Waals surface area contributed by atoms with Gasteiger partial charge in [-0.25, -0.2) is 0 Å². The summed E-state index contributed by atoms with van der Waals surface area (Å²) < 4.78 is 16.4. The summed E-state index contributed by atoms with van der Waals surface area (Å²) in [5.41, 5.74) is 9.43. The summed E-state index contributed by atoms with van der Waals surface area (Å²) >= 11 is 0. The van der Waals surface area contributed by atoms with E-state index in [0.29, 0.717) is 0 Å². The maximum atomic E-state index is 6.21. The second-order valence-corrected chi connectivity index (χ2v) is 6.49. The SMILES string of the molecule is COc1cc(N)c2c(c1OC)CN(CCCN1CCOCC1)CC2. The number of nitrogens with zero attached hydrogens (tertiary/aromatic N) is 2. The zero-order chi connectivity index (χ0) is 16.9. The number of nitrogens with two attached hydrogens (primary N) is 1. The van der Waals surface area contributed by atoms with E-state index in [0.717, 1.165) is 76.1 Å². The predicted octanol–water partition coefficient (Wildman–Crippen LogP) is 1.37. The average molecular weight is 335 g/mol. The van der Waals surface area contributed by atoms with Crippen LogP contribution in [0.1, 0.15) is 17.5 Å². The van der Waals surface area contributed by atoms with E-state index in [-0.39, 0.29) is 0 Å². The second kappa shape index (κ2) is 8.05. The number of benzene rings is 1. The summed E-state index contributed by atoms with van der Waals surface area (Å²) in [5.74, 6) is 1.56. The van der Waals surface area contributed by atoms with Crippen molar-refractivity contribution in [3.05, 3.63) is 17.2 Å². The maximum Gasteiger partial charge on any atom is 0.165 e. The molecule has 1 aromatic carbocycles. The summed E-state index contributed by atoms with van der Waals surface area (Å²) in [4.78, 5) is 4.98. The van der Waals surface area contributed by atoms with Crippen LogP contribution in [0.25, 0.3) is 0 Å². The number of methoxy groups -OCH3 is 2. The molecule has 0 aromatic heterocycles. The molecule has 0 bridgehead atoms. The quantitative estimate of drug-likeness (QED) is 0.792. The second-order valence-electron chi connectivity index (χ2n) is 6.49. The van der Waals surface area contributed by atoms with Gasteiger partial charge in [-0.2, -0.15) is 0 Å². The number of ether oxygens (including phenoxy) is 3. The van der Waals surface area contributed by atoms with E-state index in [2.05, 4.69) is 9.80 Å². The van der Waals surface area contributed by atoms with Gasteiger partial charge in [-0.3, -0.25) is 9.80 Å². The Bertz CT molecular complexity index is 559. The zero-order valence-corrected chi connectivity index (χ0v) is 14.8. The highest BCUT2D eigenvalue weighted by Crippen LogP contribution is 2.40. The first-order chi connectivity index (χ1) is 11.7. The van der Waals surface area contributed by atoms with Gasteiger partial charge in [-0.15, -0.1) is 0 Å². The van der Waals surface area contributed by atoms with Crippen molar-refractivity contribution < 1.29 is 14.2 Å². The number of hydrogen-bond acceptors (Lipinski definition) is 6. The Morgan fingerprint density at radius 3 is 2.50 bits per heavy atom. The summed E-state index contributed by atoms with van der Waals surface area (Å²) in [6.45, 7) is 8.02. The third kappa shape index (κ3) is 3.77. The van der Waals surface area contributed by atoms with Gasteiger partial charge in [0, 0.05) is 43.5 Å². The van der Waals surface area contributed by atoms with E-state index < -0.39 is 0 Å². The van der Waals surface area contributed by atoms with Crippen LogP contribution in [0, 0.1) is 0 Å². The molecule has 1 fully saturated rings. The lowest BCUT2D eigenvalue weighted by molar-refractivity contribution is 0.0359. The lowest BCUT2D eigenvalue weighted by atomic mass is 9.96. The van der Waals surface area contributed by atoms with Gasteiger partial charge in [0.15, 0.2) is 11.5 Å². The van der Waals surface area contributed by atoms with Crippen LogP contribution in [0.5, 0.6) is 11.5 Å². The van der Waals surface area contributed by atoms with Crippen molar-refractivity contribution in [3.63, 3.8) is 0 Å². The zero-order valence-electron chi connectivity index (χ0n) is 14.8. The lowest BCUT2D eigenvalue weighted by Gasteiger charge is -2.32. The molecular weight excluding hydrogens is 306 g/mol. The molecule has 1 saturated heterocycles. The Hall–Kier alpha value is -1.50. The fraction of sp³-hybridized carbons (Fsp3) is 0.667. The molecule has 0 amide bonds. The van der Waals surface area contributed by atoms with Gasteiger partial charge in [0.1, 0.15) is 0 Å². The molecule has 6 heteroatoms. The number of fused-ring (bicyclic) bond motifs is 1. The molecule has 0 atom stereocenters. The van der Waals surface area contributed by atoms with Crippen LogP contribution in [-0.4, -0.2) is 70.0 Å². The number of nitrogen functional groups attached to an aromatic ring is 1. The highest BCUT2D eigenvalue weighted by atomic mass is 16.5. The number of morpholine rings is 1. The Morgan fingerprint density at radius 1 is 1.04 bits per heavy atom. The van der Waals surface area contributed by atoms with Crippen LogP contribution in [0.2, 0.25) is 0 Å². The van der Waals surface area contributed by atoms with Crippen molar-refractivity contribution in [3.8, 4) is 11.5 Å². The molecule has 2 heterocycles. The normalized spacial score (nSPS) is 19.1. The molecule has 24 heavy (non-hydrogen) atoms. The van der Waals surface area contributed by atoms with E-state index in [1.807, 2.05) is 6.07 Å². The van der Waals surface area contributed by atoms with E-state index in [9.17, 15) is 0 Å². The van der Waals surface area contributed by atoms with Gasteiger partial charge in [0.25, 0.3) is 0 Å². The van der Waals surface area contributed by atoms with Crippen molar-refractivity contribution in [1.82, 2.24) is 9.80 Å².